The molecule has 0 spiro atoms. The van der Waals surface area contributed by atoms with Gasteiger partial charge in [-0.3, -0.25) is 9.48 Å². The second kappa shape index (κ2) is 3.66. The van der Waals surface area contributed by atoms with E-state index in [1.54, 1.807) is 10.9 Å². The van der Waals surface area contributed by atoms with E-state index < -0.39 is 11.9 Å². The molecule has 1 saturated heterocycles. The van der Waals surface area contributed by atoms with E-state index >= 15 is 0 Å². The third-order valence-electron chi connectivity index (χ3n) is 2.99. The van der Waals surface area contributed by atoms with Crippen molar-refractivity contribution in [1.82, 2.24) is 9.78 Å². The molecule has 1 aliphatic rings. The van der Waals surface area contributed by atoms with Crippen LogP contribution in [0.2, 0.25) is 0 Å². The van der Waals surface area contributed by atoms with Gasteiger partial charge in [0.2, 0.25) is 0 Å². The molecule has 1 aliphatic heterocycles. The zero-order chi connectivity index (χ0) is 11.0. The molecule has 1 fully saturated rings. The molecule has 82 valence electrons. The highest BCUT2D eigenvalue weighted by Gasteiger charge is 2.36. The fourth-order valence-electron chi connectivity index (χ4n) is 1.94. The number of carboxylic acids is 1. The smallest absolute Gasteiger partial charge is 0.309 e. The standard InChI is InChI=1S/C10H14N2O3/c1-6-8(5-11-12(6)2)9-7(10(13)14)3-4-15-9/h5,7,9H,3-4H2,1-2H3,(H,13,14)/t7-,9-/m1/s1. The number of hydrogen-bond acceptors (Lipinski definition) is 3. The minimum atomic E-state index is -0.791. The molecular weight excluding hydrogens is 196 g/mol. The second-order valence-corrected chi connectivity index (χ2v) is 3.83. The van der Waals surface area contributed by atoms with Crippen LogP contribution in [0.3, 0.4) is 0 Å². The maximum Gasteiger partial charge on any atom is 0.309 e. The predicted octanol–water partition coefficient (Wildman–Crippen LogP) is 0.891. The van der Waals surface area contributed by atoms with E-state index in [9.17, 15) is 4.79 Å². The largest absolute Gasteiger partial charge is 0.481 e. The van der Waals surface area contributed by atoms with Crippen LogP contribution in [0.25, 0.3) is 0 Å². The summed E-state index contributed by atoms with van der Waals surface area (Å²) < 4.78 is 7.20. The first-order valence-electron chi connectivity index (χ1n) is 4.94. The summed E-state index contributed by atoms with van der Waals surface area (Å²) in [6, 6.07) is 0. The molecule has 0 aliphatic carbocycles. The monoisotopic (exact) mass is 210 g/mol. The zero-order valence-corrected chi connectivity index (χ0v) is 8.80. The van der Waals surface area contributed by atoms with Gasteiger partial charge in [0, 0.05) is 24.9 Å². The number of aryl methyl sites for hydroxylation is 1. The molecule has 1 aromatic rings. The van der Waals surface area contributed by atoms with E-state index in [-0.39, 0.29) is 6.10 Å². The Labute approximate surface area is 87.7 Å². The summed E-state index contributed by atoms with van der Waals surface area (Å²) in [7, 11) is 1.84. The van der Waals surface area contributed by atoms with Gasteiger partial charge in [-0.15, -0.1) is 0 Å². The van der Waals surface area contributed by atoms with Crippen LogP contribution in [0.15, 0.2) is 6.20 Å². The minimum Gasteiger partial charge on any atom is -0.481 e. The van der Waals surface area contributed by atoms with Crippen LogP contribution in [0, 0.1) is 12.8 Å². The molecular formula is C10H14N2O3. The molecule has 2 rings (SSSR count). The summed E-state index contributed by atoms with van der Waals surface area (Å²) in [6.45, 7) is 2.43. The van der Waals surface area contributed by atoms with Crippen molar-refractivity contribution in [3.8, 4) is 0 Å². The maximum absolute atomic E-state index is 11.0. The summed E-state index contributed by atoms with van der Waals surface area (Å²) in [5.41, 5.74) is 1.86. The zero-order valence-electron chi connectivity index (χ0n) is 8.80. The Kier molecular flexibility index (Phi) is 2.48. The molecule has 1 aromatic heterocycles. The molecule has 0 unspecified atom stereocenters. The number of aliphatic carboxylic acids is 1. The Morgan fingerprint density at radius 2 is 2.47 bits per heavy atom. The first-order valence-corrected chi connectivity index (χ1v) is 4.94. The minimum absolute atomic E-state index is 0.337. The van der Waals surface area contributed by atoms with Crippen molar-refractivity contribution in [3.05, 3.63) is 17.5 Å². The summed E-state index contributed by atoms with van der Waals surface area (Å²) in [6.07, 6.45) is 1.94. The Bertz CT molecular complexity index is 386. The van der Waals surface area contributed by atoms with Crippen molar-refractivity contribution in [1.29, 1.82) is 0 Å². The molecule has 0 aromatic carbocycles. The number of rotatable bonds is 2. The van der Waals surface area contributed by atoms with Gasteiger partial charge in [-0.2, -0.15) is 5.10 Å². The van der Waals surface area contributed by atoms with Crippen molar-refractivity contribution in [2.75, 3.05) is 6.61 Å². The van der Waals surface area contributed by atoms with E-state index in [0.717, 1.165) is 11.3 Å². The third-order valence-corrected chi connectivity index (χ3v) is 2.99. The van der Waals surface area contributed by atoms with E-state index in [0.29, 0.717) is 13.0 Å². The normalized spacial score (nSPS) is 25.7. The second-order valence-electron chi connectivity index (χ2n) is 3.83. The van der Waals surface area contributed by atoms with Crippen molar-refractivity contribution in [2.45, 2.75) is 19.4 Å². The van der Waals surface area contributed by atoms with Crippen molar-refractivity contribution >= 4 is 5.97 Å². The van der Waals surface area contributed by atoms with Crippen molar-refractivity contribution < 1.29 is 14.6 Å². The summed E-state index contributed by atoms with van der Waals surface area (Å²) in [5, 5.41) is 13.1. The lowest BCUT2D eigenvalue weighted by Gasteiger charge is -2.14. The Balaban J connectivity index is 2.30. The van der Waals surface area contributed by atoms with Gasteiger partial charge in [-0.1, -0.05) is 0 Å². The number of carboxylic acid groups (broad SMARTS) is 1. The third kappa shape index (κ3) is 1.63. The van der Waals surface area contributed by atoms with Crippen LogP contribution in [-0.4, -0.2) is 27.5 Å². The number of carbonyl (C=O) groups is 1. The van der Waals surface area contributed by atoms with Gasteiger partial charge in [0.1, 0.15) is 0 Å². The fourth-order valence-corrected chi connectivity index (χ4v) is 1.94. The van der Waals surface area contributed by atoms with Crippen LogP contribution in [-0.2, 0) is 16.6 Å². The fraction of sp³-hybridized carbons (Fsp3) is 0.600. The van der Waals surface area contributed by atoms with Gasteiger partial charge >= 0.3 is 5.97 Å². The molecule has 5 heteroatoms. The molecule has 2 heterocycles. The highest BCUT2D eigenvalue weighted by Crippen LogP contribution is 2.35. The molecule has 0 radical (unpaired) electrons. The van der Waals surface area contributed by atoms with E-state index in [2.05, 4.69) is 5.10 Å². The molecule has 1 N–H and O–H groups in total. The Morgan fingerprint density at radius 1 is 1.73 bits per heavy atom. The van der Waals surface area contributed by atoms with Crippen molar-refractivity contribution in [2.24, 2.45) is 13.0 Å². The predicted molar refractivity (Wildman–Crippen MR) is 52.4 cm³/mol. The number of nitrogens with zero attached hydrogens (tertiary/aromatic N) is 2. The molecule has 15 heavy (non-hydrogen) atoms. The Hall–Kier alpha value is -1.36. The number of hydrogen-bond donors (Lipinski definition) is 1. The lowest BCUT2D eigenvalue weighted by Crippen LogP contribution is -2.18. The van der Waals surface area contributed by atoms with Gasteiger partial charge in [-0.05, 0) is 13.3 Å². The first-order chi connectivity index (χ1) is 7.11. The van der Waals surface area contributed by atoms with E-state index in [1.165, 1.54) is 0 Å². The average Bonchev–Trinajstić information content (AvgIpc) is 2.75. The molecule has 5 nitrogen and oxygen atoms in total. The van der Waals surface area contributed by atoms with Gasteiger partial charge in [-0.25, -0.2) is 0 Å². The summed E-state index contributed by atoms with van der Waals surface area (Å²) >= 11 is 0. The van der Waals surface area contributed by atoms with Gasteiger partial charge in [0.25, 0.3) is 0 Å². The first kappa shape index (κ1) is 10.2. The van der Waals surface area contributed by atoms with Crippen molar-refractivity contribution in [3.63, 3.8) is 0 Å². The average molecular weight is 210 g/mol. The van der Waals surface area contributed by atoms with Crippen LogP contribution in [0.5, 0.6) is 0 Å². The number of aromatic nitrogens is 2. The maximum atomic E-state index is 11.0. The molecule has 0 saturated carbocycles. The SMILES string of the molecule is Cc1c([C@@H]2OCC[C@H]2C(=O)O)cnn1C. The van der Waals surface area contributed by atoms with E-state index in [4.69, 9.17) is 9.84 Å². The number of ether oxygens (including phenoxy) is 1. The van der Waals surface area contributed by atoms with Crippen LogP contribution in [0.4, 0.5) is 0 Å². The van der Waals surface area contributed by atoms with E-state index in [1.807, 2.05) is 14.0 Å². The molecule has 0 bridgehead atoms. The van der Waals surface area contributed by atoms with Crippen LogP contribution >= 0.6 is 0 Å². The van der Waals surface area contributed by atoms with Crippen LogP contribution < -0.4 is 0 Å². The Morgan fingerprint density at radius 3 is 3.00 bits per heavy atom. The molecule has 0 amide bonds. The van der Waals surface area contributed by atoms with Gasteiger partial charge in [0.05, 0.1) is 18.2 Å². The summed E-state index contributed by atoms with van der Waals surface area (Å²) in [5.74, 6) is -1.23. The lowest BCUT2D eigenvalue weighted by molar-refractivity contribution is -0.143. The topological polar surface area (TPSA) is 64.3 Å². The highest BCUT2D eigenvalue weighted by molar-refractivity contribution is 5.71. The van der Waals surface area contributed by atoms with Crippen LogP contribution in [0.1, 0.15) is 23.8 Å². The summed E-state index contributed by atoms with van der Waals surface area (Å²) in [4.78, 5) is 11.0. The lowest BCUT2D eigenvalue weighted by atomic mass is 9.96. The quantitative estimate of drug-likeness (QED) is 0.787. The van der Waals surface area contributed by atoms with Gasteiger partial charge in [0.15, 0.2) is 0 Å². The van der Waals surface area contributed by atoms with Gasteiger partial charge < -0.3 is 9.84 Å². The highest BCUT2D eigenvalue weighted by atomic mass is 16.5. The molecule has 2 atom stereocenters.